The van der Waals surface area contributed by atoms with E-state index < -0.39 is 19.1 Å². The zero-order chi connectivity index (χ0) is 15.0. The molecule has 0 amide bonds. The van der Waals surface area contributed by atoms with Crippen molar-refractivity contribution >= 4 is 51.4 Å². The van der Waals surface area contributed by atoms with E-state index in [-0.39, 0.29) is 10.6 Å². The Hall–Kier alpha value is -0.310. The predicted molar refractivity (Wildman–Crippen MR) is 81.9 cm³/mol. The minimum atomic E-state index is -3.83. The van der Waals surface area contributed by atoms with E-state index in [0.717, 1.165) is 12.8 Å². The maximum Gasteiger partial charge on any atom is 0.261 e. The second-order valence-electron chi connectivity index (χ2n) is 4.73. The normalized spacial score (nSPS) is 16.1. The van der Waals surface area contributed by atoms with Gasteiger partial charge < -0.3 is 0 Å². The van der Waals surface area contributed by atoms with Crippen LogP contribution in [0.2, 0.25) is 0 Å². The Labute approximate surface area is 131 Å². The molecule has 20 heavy (non-hydrogen) atoms. The lowest BCUT2D eigenvalue weighted by Crippen LogP contribution is -2.17. The molecule has 0 saturated heterocycles. The number of benzene rings is 1. The molecule has 1 aromatic rings. The standard InChI is InChI=1S/C11H13BrClNO4S2/c12-10-7-9(20(13,17)18)3-4-11(10)14-19(15,16)6-5-8-1-2-8/h3-4,7-8,14H,1-2,5-6H2. The minimum absolute atomic E-state index is 0.0691. The molecule has 0 bridgehead atoms. The van der Waals surface area contributed by atoms with Gasteiger partial charge in [0.2, 0.25) is 10.0 Å². The SMILES string of the molecule is O=S(=O)(CCC1CC1)Nc1ccc(S(=O)(=O)Cl)cc1Br. The number of nitrogens with one attached hydrogen (secondary N) is 1. The second kappa shape index (κ2) is 5.82. The molecule has 2 rings (SSSR count). The van der Waals surface area contributed by atoms with Gasteiger partial charge in [-0.05, 0) is 46.5 Å². The van der Waals surface area contributed by atoms with Gasteiger partial charge in [0, 0.05) is 15.2 Å². The third-order valence-corrected chi connectivity index (χ3v) is 6.29. The Morgan fingerprint density at radius 1 is 1.25 bits per heavy atom. The molecule has 112 valence electrons. The molecule has 1 aliphatic carbocycles. The Balaban J connectivity index is 2.12. The summed E-state index contributed by atoms with van der Waals surface area (Å²) < 4.78 is 48.9. The molecule has 0 aliphatic heterocycles. The Bertz CT molecular complexity index is 714. The monoisotopic (exact) mass is 401 g/mol. The van der Waals surface area contributed by atoms with Crippen molar-refractivity contribution in [2.75, 3.05) is 10.5 Å². The summed E-state index contributed by atoms with van der Waals surface area (Å²) in [6, 6.07) is 3.89. The fourth-order valence-electron chi connectivity index (χ4n) is 1.68. The fraction of sp³-hybridized carbons (Fsp3) is 0.455. The average molecular weight is 403 g/mol. The number of hydrogen-bond acceptors (Lipinski definition) is 4. The first-order chi connectivity index (χ1) is 9.17. The molecule has 0 unspecified atom stereocenters. The molecule has 0 aromatic heterocycles. The molecule has 1 N–H and O–H groups in total. The first-order valence-electron chi connectivity index (χ1n) is 5.92. The minimum Gasteiger partial charge on any atom is -0.282 e. The van der Waals surface area contributed by atoms with Crippen molar-refractivity contribution in [2.45, 2.75) is 24.2 Å². The molecule has 1 aromatic carbocycles. The first kappa shape index (κ1) is 16.1. The molecular weight excluding hydrogens is 390 g/mol. The molecule has 0 spiro atoms. The summed E-state index contributed by atoms with van der Waals surface area (Å²) in [6.07, 6.45) is 2.85. The number of halogens is 2. The number of rotatable bonds is 6. The smallest absolute Gasteiger partial charge is 0.261 e. The van der Waals surface area contributed by atoms with E-state index in [1.54, 1.807) is 0 Å². The average Bonchev–Trinajstić information content (AvgIpc) is 3.11. The highest BCUT2D eigenvalue weighted by molar-refractivity contribution is 9.10. The van der Waals surface area contributed by atoms with E-state index in [0.29, 0.717) is 22.5 Å². The Kier molecular flexibility index (Phi) is 4.68. The number of sulfonamides is 1. The third kappa shape index (κ3) is 4.61. The van der Waals surface area contributed by atoms with Crippen LogP contribution in [0.15, 0.2) is 27.6 Å². The lowest BCUT2D eigenvalue weighted by molar-refractivity contribution is 0.595. The summed E-state index contributed by atoms with van der Waals surface area (Å²) >= 11 is 3.13. The van der Waals surface area contributed by atoms with Crippen LogP contribution in [-0.2, 0) is 19.1 Å². The Morgan fingerprint density at radius 3 is 2.40 bits per heavy atom. The van der Waals surface area contributed by atoms with E-state index in [1.807, 2.05) is 0 Å². The van der Waals surface area contributed by atoms with E-state index in [1.165, 1.54) is 18.2 Å². The molecule has 0 atom stereocenters. The topological polar surface area (TPSA) is 80.3 Å². The molecule has 9 heteroatoms. The van der Waals surface area contributed by atoms with Gasteiger partial charge >= 0.3 is 0 Å². The summed E-state index contributed by atoms with van der Waals surface area (Å²) in [5, 5.41) is 0. The number of hydrogen-bond donors (Lipinski definition) is 1. The van der Waals surface area contributed by atoms with Gasteiger partial charge in [0.25, 0.3) is 9.05 Å². The molecule has 1 saturated carbocycles. The second-order valence-corrected chi connectivity index (χ2v) is 9.99. The highest BCUT2D eigenvalue weighted by Gasteiger charge is 2.24. The largest absolute Gasteiger partial charge is 0.282 e. The van der Waals surface area contributed by atoms with Gasteiger partial charge in [-0.25, -0.2) is 16.8 Å². The van der Waals surface area contributed by atoms with Gasteiger partial charge in [0.1, 0.15) is 0 Å². The van der Waals surface area contributed by atoms with Crippen LogP contribution in [0, 0.1) is 5.92 Å². The van der Waals surface area contributed by atoms with Gasteiger partial charge in [0.05, 0.1) is 16.3 Å². The van der Waals surface area contributed by atoms with Crippen LogP contribution in [0.1, 0.15) is 19.3 Å². The summed E-state index contributed by atoms with van der Waals surface area (Å²) in [7, 11) is -2.04. The summed E-state index contributed by atoms with van der Waals surface area (Å²) in [5.74, 6) is 0.596. The van der Waals surface area contributed by atoms with E-state index in [9.17, 15) is 16.8 Å². The summed E-state index contributed by atoms with van der Waals surface area (Å²) in [5.41, 5.74) is 0.296. The quantitative estimate of drug-likeness (QED) is 0.742. The summed E-state index contributed by atoms with van der Waals surface area (Å²) in [4.78, 5) is -0.0908. The van der Waals surface area contributed by atoms with Gasteiger partial charge in [-0.15, -0.1) is 0 Å². The van der Waals surface area contributed by atoms with Crippen LogP contribution in [0.5, 0.6) is 0 Å². The predicted octanol–water partition coefficient (Wildman–Crippen LogP) is 2.92. The van der Waals surface area contributed by atoms with Crippen molar-refractivity contribution in [1.82, 2.24) is 0 Å². The van der Waals surface area contributed by atoms with Crippen molar-refractivity contribution in [3.8, 4) is 0 Å². The highest BCUT2D eigenvalue weighted by atomic mass is 79.9. The van der Waals surface area contributed by atoms with Crippen LogP contribution < -0.4 is 4.72 Å². The van der Waals surface area contributed by atoms with Crippen molar-refractivity contribution in [2.24, 2.45) is 5.92 Å². The number of anilines is 1. The molecule has 0 heterocycles. The maximum absolute atomic E-state index is 11.9. The van der Waals surface area contributed by atoms with Crippen LogP contribution in [0.4, 0.5) is 5.69 Å². The lowest BCUT2D eigenvalue weighted by Gasteiger charge is -2.10. The van der Waals surface area contributed by atoms with Crippen molar-refractivity contribution in [3.05, 3.63) is 22.7 Å². The molecule has 5 nitrogen and oxygen atoms in total. The van der Waals surface area contributed by atoms with Gasteiger partial charge in [0.15, 0.2) is 0 Å². The summed E-state index contributed by atoms with van der Waals surface area (Å²) in [6.45, 7) is 0. The Morgan fingerprint density at radius 2 is 1.90 bits per heavy atom. The van der Waals surface area contributed by atoms with Crippen molar-refractivity contribution in [1.29, 1.82) is 0 Å². The van der Waals surface area contributed by atoms with Gasteiger partial charge in [-0.2, -0.15) is 0 Å². The third-order valence-electron chi connectivity index (χ3n) is 2.98. The first-order valence-corrected chi connectivity index (χ1v) is 10.7. The van der Waals surface area contributed by atoms with Gasteiger partial charge in [-0.1, -0.05) is 12.8 Å². The molecule has 1 aliphatic rings. The van der Waals surface area contributed by atoms with Gasteiger partial charge in [-0.3, -0.25) is 4.72 Å². The molecule has 1 fully saturated rings. The van der Waals surface area contributed by atoms with Crippen molar-refractivity contribution < 1.29 is 16.8 Å². The highest BCUT2D eigenvalue weighted by Crippen LogP contribution is 2.33. The molecule has 0 radical (unpaired) electrons. The fourth-order valence-corrected chi connectivity index (χ4v) is 4.47. The van der Waals surface area contributed by atoms with Crippen LogP contribution in [-0.4, -0.2) is 22.6 Å². The molecular formula is C11H13BrClNO4S2. The maximum atomic E-state index is 11.9. The van der Waals surface area contributed by atoms with Crippen LogP contribution >= 0.6 is 26.6 Å². The van der Waals surface area contributed by atoms with E-state index in [2.05, 4.69) is 20.7 Å². The zero-order valence-corrected chi connectivity index (χ0v) is 14.3. The lowest BCUT2D eigenvalue weighted by atomic mass is 10.3. The van der Waals surface area contributed by atoms with Crippen LogP contribution in [0.25, 0.3) is 0 Å². The van der Waals surface area contributed by atoms with Crippen molar-refractivity contribution in [3.63, 3.8) is 0 Å². The van der Waals surface area contributed by atoms with E-state index in [4.69, 9.17) is 10.7 Å². The zero-order valence-electron chi connectivity index (χ0n) is 10.3. The van der Waals surface area contributed by atoms with E-state index >= 15 is 0 Å². The van der Waals surface area contributed by atoms with Crippen LogP contribution in [0.3, 0.4) is 0 Å².